The maximum atomic E-state index is 12.8. The lowest BCUT2D eigenvalue weighted by Gasteiger charge is -2.10. The summed E-state index contributed by atoms with van der Waals surface area (Å²) < 4.78 is 30.6. The molecule has 0 spiro atoms. The highest BCUT2D eigenvalue weighted by Gasteiger charge is 2.22. The molecule has 0 bridgehead atoms. The monoisotopic (exact) mass is 366 g/mol. The van der Waals surface area contributed by atoms with Gasteiger partial charge in [0.1, 0.15) is 9.39 Å². The van der Waals surface area contributed by atoms with Crippen molar-refractivity contribution in [2.45, 2.75) is 19.8 Å². The first-order chi connectivity index (χ1) is 8.49. The minimum Gasteiger partial charge on any atom is -0.466 e. The van der Waals surface area contributed by atoms with Crippen LogP contribution in [0.5, 0.6) is 0 Å². The molecule has 1 rings (SSSR count). The molecule has 0 N–H and O–H groups in total. The lowest BCUT2D eigenvalue weighted by atomic mass is 10.0. The van der Waals surface area contributed by atoms with Crippen LogP contribution in [-0.4, -0.2) is 17.6 Å². The molecule has 4 nitrogen and oxygen atoms in total. The molecule has 0 aliphatic heterocycles. The van der Waals surface area contributed by atoms with Gasteiger partial charge in [-0.05, 0) is 35.6 Å². The molecule has 1 heterocycles. The molecule has 0 unspecified atom stereocenters. The third-order valence-electron chi connectivity index (χ3n) is 2.08. The van der Waals surface area contributed by atoms with Crippen molar-refractivity contribution in [2.24, 2.45) is 0 Å². The van der Waals surface area contributed by atoms with Crippen molar-refractivity contribution in [3.8, 4) is 6.07 Å². The van der Waals surface area contributed by atoms with E-state index in [-0.39, 0.29) is 27.9 Å². The Kier molecular flexibility index (Phi) is 5.40. The zero-order chi connectivity index (χ0) is 13.7. The van der Waals surface area contributed by atoms with Crippen LogP contribution in [0.1, 0.15) is 30.2 Å². The first-order valence-corrected chi connectivity index (χ1v) is 6.10. The van der Waals surface area contributed by atoms with E-state index in [4.69, 9.17) is 5.26 Å². The highest BCUT2D eigenvalue weighted by Crippen LogP contribution is 2.25. The number of hydrogen-bond donors (Lipinski definition) is 0. The van der Waals surface area contributed by atoms with Gasteiger partial charge in [0.25, 0.3) is 6.43 Å². The third kappa shape index (κ3) is 3.60. The number of nitrogens with zero attached hydrogens (tertiary/aromatic N) is 2. The van der Waals surface area contributed by atoms with Gasteiger partial charge in [-0.25, -0.2) is 13.8 Å². The zero-order valence-electron chi connectivity index (χ0n) is 9.41. The number of halogens is 3. The van der Waals surface area contributed by atoms with E-state index in [2.05, 4.69) is 9.72 Å². The summed E-state index contributed by atoms with van der Waals surface area (Å²) in [7, 11) is 0. The van der Waals surface area contributed by atoms with Crippen LogP contribution in [0.25, 0.3) is 0 Å². The fraction of sp³-hybridized carbons (Fsp3) is 0.364. The standard InChI is InChI=1S/C11H9F2IN2O2/c1-2-18-9(17)4-7-6(5-15)3-8(14)16-10(7)11(12)13/h3,11H,2,4H2,1H3. The molecule has 0 saturated carbocycles. The second kappa shape index (κ2) is 6.58. The summed E-state index contributed by atoms with van der Waals surface area (Å²) in [4.78, 5) is 15.0. The smallest absolute Gasteiger partial charge is 0.310 e. The number of carbonyl (C=O) groups is 1. The lowest BCUT2D eigenvalue weighted by Crippen LogP contribution is -2.13. The Morgan fingerprint density at radius 1 is 1.67 bits per heavy atom. The Bertz CT molecular complexity index is 501. The fourth-order valence-corrected chi connectivity index (χ4v) is 1.95. The van der Waals surface area contributed by atoms with Crippen LogP contribution in [0.3, 0.4) is 0 Å². The van der Waals surface area contributed by atoms with Gasteiger partial charge in [-0.1, -0.05) is 0 Å². The minimum absolute atomic E-state index is 0.0257. The molecule has 7 heteroatoms. The molecule has 0 aromatic carbocycles. The van der Waals surface area contributed by atoms with Crippen molar-refractivity contribution in [1.29, 1.82) is 5.26 Å². The van der Waals surface area contributed by atoms with Crippen molar-refractivity contribution in [3.63, 3.8) is 0 Å². The second-order valence-electron chi connectivity index (χ2n) is 3.25. The summed E-state index contributed by atoms with van der Waals surface area (Å²) in [5.74, 6) is -0.654. The number of pyridine rings is 1. The molecular weight excluding hydrogens is 357 g/mol. The summed E-state index contributed by atoms with van der Waals surface area (Å²) >= 11 is 1.74. The predicted molar refractivity (Wildman–Crippen MR) is 67.0 cm³/mol. The first kappa shape index (κ1) is 14.8. The Labute approximate surface area is 116 Å². The number of rotatable bonds is 4. The number of hydrogen-bond acceptors (Lipinski definition) is 4. The Balaban J connectivity index is 3.22. The molecular formula is C11H9F2IN2O2. The average Bonchev–Trinajstić information content (AvgIpc) is 2.30. The number of carbonyl (C=O) groups excluding carboxylic acids is 1. The Morgan fingerprint density at radius 3 is 2.83 bits per heavy atom. The van der Waals surface area contributed by atoms with E-state index in [0.717, 1.165) is 0 Å². The van der Waals surface area contributed by atoms with Gasteiger partial charge in [0.15, 0.2) is 0 Å². The predicted octanol–water partition coefficient (Wildman–Crippen LogP) is 2.60. The highest BCUT2D eigenvalue weighted by atomic mass is 127. The average molecular weight is 366 g/mol. The first-order valence-electron chi connectivity index (χ1n) is 5.02. The van der Waals surface area contributed by atoms with Crippen LogP contribution >= 0.6 is 22.6 Å². The van der Waals surface area contributed by atoms with Crippen molar-refractivity contribution < 1.29 is 18.3 Å². The van der Waals surface area contributed by atoms with E-state index in [1.165, 1.54) is 6.07 Å². The van der Waals surface area contributed by atoms with Crippen molar-refractivity contribution in [2.75, 3.05) is 6.61 Å². The minimum atomic E-state index is -2.84. The van der Waals surface area contributed by atoms with E-state index in [9.17, 15) is 13.6 Å². The van der Waals surface area contributed by atoms with Gasteiger partial charge in [0, 0.05) is 5.56 Å². The van der Waals surface area contributed by atoms with Gasteiger partial charge in [-0.3, -0.25) is 4.79 Å². The van der Waals surface area contributed by atoms with Crippen LogP contribution < -0.4 is 0 Å². The van der Waals surface area contributed by atoms with Crippen LogP contribution in [0.2, 0.25) is 0 Å². The summed E-state index contributed by atoms with van der Waals surface area (Å²) in [6.07, 6.45) is -3.21. The van der Waals surface area contributed by atoms with Gasteiger partial charge in [-0.2, -0.15) is 5.26 Å². The van der Waals surface area contributed by atoms with Gasteiger partial charge in [0.05, 0.1) is 24.7 Å². The maximum Gasteiger partial charge on any atom is 0.310 e. The molecule has 0 aliphatic rings. The normalized spacial score (nSPS) is 10.2. The molecule has 1 aromatic rings. The quantitative estimate of drug-likeness (QED) is 0.467. The largest absolute Gasteiger partial charge is 0.466 e. The van der Waals surface area contributed by atoms with Gasteiger partial charge in [-0.15, -0.1) is 0 Å². The molecule has 0 saturated heterocycles. The number of nitriles is 1. The van der Waals surface area contributed by atoms with Crippen LogP contribution in [-0.2, 0) is 16.0 Å². The summed E-state index contributed by atoms with van der Waals surface area (Å²) in [5.41, 5.74) is -0.573. The lowest BCUT2D eigenvalue weighted by molar-refractivity contribution is -0.142. The number of ether oxygens (including phenoxy) is 1. The number of alkyl halides is 2. The van der Waals surface area contributed by atoms with E-state index < -0.39 is 18.1 Å². The maximum absolute atomic E-state index is 12.8. The van der Waals surface area contributed by atoms with Crippen LogP contribution in [0.4, 0.5) is 8.78 Å². The van der Waals surface area contributed by atoms with E-state index >= 15 is 0 Å². The molecule has 0 amide bonds. The number of esters is 1. The molecule has 0 atom stereocenters. The molecule has 0 radical (unpaired) electrons. The topological polar surface area (TPSA) is 63.0 Å². The van der Waals surface area contributed by atoms with Gasteiger partial charge < -0.3 is 4.74 Å². The molecule has 0 aliphatic carbocycles. The second-order valence-corrected chi connectivity index (χ2v) is 4.36. The van der Waals surface area contributed by atoms with Crippen LogP contribution in [0.15, 0.2) is 6.07 Å². The number of aromatic nitrogens is 1. The molecule has 0 fully saturated rings. The highest BCUT2D eigenvalue weighted by molar-refractivity contribution is 14.1. The Hall–Kier alpha value is -1.30. The van der Waals surface area contributed by atoms with Crippen LogP contribution in [0, 0.1) is 15.0 Å². The van der Waals surface area contributed by atoms with E-state index in [1.54, 1.807) is 35.6 Å². The summed E-state index contributed by atoms with van der Waals surface area (Å²) in [6, 6.07) is 3.16. The molecule has 1 aromatic heterocycles. The van der Waals surface area contributed by atoms with Crippen molar-refractivity contribution in [3.05, 3.63) is 26.6 Å². The SMILES string of the molecule is CCOC(=O)Cc1c(C#N)cc(I)nc1C(F)F. The summed E-state index contributed by atoms with van der Waals surface area (Å²) in [5, 5.41) is 8.91. The van der Waals surface area contributed by atoms with Gasteiger partial charge in [0.2, 0.25) is 0 Å². The summed E-state index contributed by atoms with van der Waals surface area (Å²) in [6.45, 7) is 1.77. The zero-order valence-corrected chi connectivity index (χ0v) is 11.6. The molecule has 96 valence electrons. The Morgan fingerprint density at radius 2 is 2.33 bits per heavy atom. The fourth-order valence-electron chi connectivity index (χ4n) is 1.38. The molecule has 18 heavy (non-hydrogen) atoms. The van der Waals surface area contributed by atoms with Crippen molar-refractivity contribution >= 4 is 28.6 Å². The third-order valence-corrected chi connectivity index (χ3v) is 2.63. The van der Waals surface area contributed by atoms with E-state index in [0.29, 0.717) is 0 Å². The van der Waals surface area contributed by atoms with Gasteiger partial charge >= 0.3 is 5.97 Å². The van der Waals surface area contributed by atoms with Crippen molar-refractivity contribution in [1.82, 2.24) is 4.98 Å². The van der Waals surface area contributed by atoms with E-state index in [1.807, 2.05) is 0 Å².